The summed E-state index contributed by atoms with van der Waals surface area (Å²) < 4.78 is -1.37. The minimum Gasteiger partial charge on any atom is -0.287 e. The second-order valence-corrected chi connectivity index (χ2v) is 5.34. The molecule has 0 saturated heterocycles. The normalized spacial score (nSPS) is 14.6. The molecule has 4 heteroatoms. The first kappa shape index (κ1) is 10.5. The molecule has 0 aliphatic carbocycles. The van der Waals surface area contributed by atoms with Crippen LogP contribution in [0.3, 0.4) is 0 Å². The summed E-state index contributed by atoms with van der Waals surface area (Å²) >= 11 is 16.3. The zero-order valence-electron chi connectivity index (χ0n) is 6.16. The van der Waals surface area contributed by atoms with Crippen LogP contribution in [0.15, 0.2) is 4.99 Å². The first-order valence-corrected chi connectivity index (χ1v) is 3.97. The highest BCUT2D eigenvalue weighted by Gasteiger charge is 2.17. The van der Waals surface area contributed by atoms with Crippen LogP contribution in [0.4, 0.5) is 0 Å². The third-order valence-corrected chi connectivity index (χ3v) is 0.891. The number of halogens is 3. The van der Waals surface area contributed by atoms with E-state index in [0.717, 1.165) is 0 Å². The molecule has 1 nitrogen and oxygen atoms in total. The molecule has 10 heavy (non-hydrogen) atoms. The molecule has 0 aromatic rings. The fourth-order valence-electron chi connectivity index (χ4n) is 0.267. The average molecular weight is 203 g/mol. The van der Waals surface area contributed by atoms with Gasteiger partial charge in [0.25, 0.3) is 0 Å². The van der Waals surface area contributed by atoms with Gasteiger partial charge in [-0.1, -0.05) is 34.8 Å². The monoisotopic (exact) mass is 201 g/mol. The first-order valence-electron chi connectivity index (χ1n) is 2.84. The predicted molar refractivity (Wildman–Crippen MR) is 48.5 cm³/mol. The topological polar surface area (TPSA) is 12.4 Å². The fraction of sp³-hybridized carbons (Fsp3) is 0.833. The van der Waals surface area contributed by atoms with Crippen molar-refractivity contribution in [2.75, 3.05) is 0 Å². The SMILES string of the molecule is CC(C)(C)N=CC(Cl)(Cl)Cl. The van der Waals surface area contributed by atoms with E-state index in [9.17, 15) is 0 Å². The lowest BCUT2D eigenvalue weighted by Crippen LogP contribution is -2.14. The fourth-order valence-corrected chi connectivity index (χ4v) is 0.413. The molecule has 0 atom stereocenters. The lowest BCUT2D eigenvalue weighted by Gasteiger charge is -2.12. The maximum absolute atomic E-state index is 5.42. The number of nitrogens with zero attached hydrogens (tertiary/aromatic N) is 1. The van der Waals surface area contributed by atoms with Gasteiger partial charge in [-0.3, -0.25) is 4.99 Å². The molecular weight excluding hydrogens is 192 g/mol. The van der Waals surface area contributed by atoms with Gasteiger partial charge in [-0.15, -0.1) is 0 Å². The molecule has 0 fully saturated rings. The van der Waals surface area contributed by atoms with Gasteiger partial charge in [-0.25, -0.2) is 0 Å². The number of alkyl halides is 3. The van der Waals surface area contributed by atoms with Crippen LogP contribution in [0.25, 0.3) is 0 Å². The third kappa shape index (κ3) is 8.54. The lowest BCUT2D eigenvalue weighted by molar-refractivity contribution is 0.585. The Morgan fingerprint density at radius 3 is 1.60 bits per heavy atom. The smallest absolute Gasteiger partial charge is 0.225 e. The maximum Gasteiger partial charge on any atom is 0.225 e. The van der Waals surface area contributed by atoms with Crippen molar-refractivity contribution in [2.24, 2.45) is 4.99 Å². The minimum absolute atomic E-state index is 0.177. The van der Waals surface area contributed by atoms with Gasteiger partial charge in [0, 0.05) is 0 Å². The number of rotatable bonds is 0. The van der Waals surface area contributed by atoms with Crippen molar-refractivity contribution in [2.45, 2.75) is 30.1 Å². The standard InChI is InChI=1S/C6H10Cl3N/c1-5(2,3)10-4-6(7,8)9/h4H,1-3H3. The molecular formula is C6H10Cl3N. The molecule has 0 aliphatic rings. The van der Waals surface area contributed by atoms with Crippen molar-refractivity contribution in [3.05, 3.63) is 0 Å². The number of hydrogen-bond donors (Lipinski definition) is 0. The number of aliphatic imine (C=N–C) groups is 1. The van der Waals surface area contributed by atoms with E-state index in [1.54, 1.807) is 0 Å². The van der Waals surface area contributed by atoms with Crippen molar-refractivity contribution in [3.63, 3.8) is 0 Å². The van der Waals surface area contributed by atoms with E-state index >= 15 is 0 Å². The molecule has 0 aromatic carbocycles. The van der Waals surface area contributed by atoms with E-state index in [2.05, 4.69) is 4.99 Å². The van der Waals surface area contributed by atoms with Crippen LogP contribution in [-0.2, 0) is 0 Å². The van der Waals surface area contributed by atoms with Crippen molar-refractivity contribution in [3.8, 4) is 0 Å². The van der Waals surface area contributed by atoms with Crippen molar-refractivity contribution < 1.29 is 0 Å². The highest BCUT2D eigenvalue weighted by molar-refractivity contribution is 6.74. The third-order valence-electron chi connectivity index (χ3n) is 0.598. The molecule has 0 rings (SSSR count). The summed E-state index contributed by atoms with van der Waals surface area (Å²) in [4.78, 5) is 4.01. The van der Waals surface area contributed by atoms with Crippen LogP contribution in [0.5, 0.6) is 0 Å². The largest absolute Gasteiger partial charge is 0.287 e. The van der Waals surface area contributed by atoms with Gasteiger partial charge in [0.15, 0.2) is 0 Å². The second kappa shape index (κ2) is 3.29. The Balaban J connectivity index is 4.01. The van der Waals surface area contributed by atoms with Gasteiger partial charge in [-0.05, 0) is 20.8 Å². The summed E-state index contributed by atoms with van der Waals surface area (Å²) in [7, 11) is 0. The summed E-state index contributed by atoms with van der Waals surface area (Å²) in [6.45, 7) is 5.79. The molecule has 0 amide bonds. The Morgan fingerprint density at radius 1 is 1.10 bits per heavy atom. The molecule has 0 bridgehead atoms. The molecule has 0 radical (unpaired) electrons. The molecule has 0 aromatic heterocycles. The van der Waals surface area contributed by atoms with Gasteiger partial charge in [0.2, 0.25) is 3.79 Å². The Bertz CT molecular complexity index is 113. The quantitative estimate of drug-likeness (QED) is 0.422. The van der Waals surface area contributed by atoms with E-state index in [0.29, 0.717) is 0 Å². The van der Waals surface area contributed by atoms with Gasteiger partial charge in [-0.2, -0.15) is 0 Å². The Morgan fingerprint density at radius 2 is 1.50 bits per heavy atom. The molecule has 0 aliphatic heterocycles. The maximum atomic E-state index is 5.42. The van der Waals surface area contributed by atoms with Gasteiger partial charge >= 0.3 is 0 Å². The first-order chi connectivity index (χ1) is 4.21. The summed E-state index contributed by atoms with van der Waals surface area (Å²) in [5, 5.41) is 0. The molecule has 60 valence electrons. The molecule has 0 N–H and O–H groups in total. The minimum atomic E-state index is -1.37. The van der Waals surface area contributed by atoms with Gasteiger partial charge < -0.3 is 0 Å². The van der Waals surface area contributed by atoms with Crippen molar-refractivity contribution in [1.82, 2.24) is 0 Å². The van der Waals surface area contributed by atoms with E-state index < -0.39 is 3.79 Å². The van der Waals surface area contributed by atoms with Crippen LogP contribution < -0.4 is 0 Å². The van der Waals surface area contributed by atoms with E-state index in [1.165, 1.54) is 6.21 Å². The van der Waals surface area contributed by atoms with Crippen LogP contribution in [0, 0.1) is 0 Å². The summed E-state index contributed by atoms with van der Waals surface area (Å²) in [5.74, 6) is 0. The Kier molecular flexibility index (Phi) is 3.47. The zero-order chi connectivity index (χ0) is 8.41. The van der Waals surface area contributed by atoms with E-state index in [4.69, 9.17) is 34.8 Å². The van der Waals surface area contributed by atoms with Crippen LogP contribution in [-0.4, -0.2) is 15.5 Å². The van der Waals surface area contributed by atoms with Gasteiger partial charge in [0.1, 0.15) is 0 Å². The highest BCUT2D eigenvalue weighted by Crippen LogP contribution is 2.24. The Labute approximate surface area is 76.4 Å². The second-order valence-electron chi connectivity index (χ2n) is 2.97. The van der Waals surface area contributed by atoms with Crippen molar-refractivity contribution in [1.29, 1.82) is 0 Å². The lowest BCUT2D eigenvalue weighted by atomic mass is 10.1. The zero-order valence-corrected chi connectivity index (χ0v) is 8.43. The van der Waals surface area contributed by atoms with E-state index in [-0.39, 0.29) is 5.54 Å². The van der Waals surface area contributed by atoms with Crippen LogP contribution >= 0.6 is 34.8 Å². The predicted octanol–water partition coefficient (Wildman–Crippen LogP) is 3.23. The highest BCUT2D eigenvalue weighted by atomic mass is 35.6. The summed E-state index contributed by atoms with van der Waals surface area (Å²) in [5.41, 5.74) is -0.177. The van der Waals surface area contributed by atoms with Gasteiger partial charge in [0.05, 0.1) is 11.8 Å². The molecule has 0 heterocycles. The summed E-state index contributed by atoms with van der Waals surface area (Å²) in [6, 6.07) is 0. The Hall–Kier alpha value is 0.540. The average Bonchev–Trinajstić information content (AvgIpc) is 1.57. The van der Waals surface area contributed by atoms with Crippen LogP contribution in [0.1, 0.15) is 20.8 Å². The summed E-state index contributed by atoms with van der Waals surface area (Å²) in [6.07, 6.45) is 1.32. The van der Waals surface area contributed by atoms with E-state index in [1.807, 2.05) is 20.8 Å². The molecule has 0 saturated carbocycles. The van der Waals surface area contributed by atoms with Crippen LogP contribution in [0.2, 0.25) is 0 Å². The molecule has 0 spiro atoms. The number of hydrogen-bond acceptors (Lipinski definition) is 1. The molecule has 0 unspecified atom stereocenters. The van der Waals surface area contributed by atoms with Crippen molar-refractivity contribution >= 4 is 41.0 Å².